The van der Waals surface area contributed by atoms with Crippen LogP contribution >= 0.6 is 0 Å². The van der Waals surface area contributed by atoms with E-state index >= 15 is 0 Å². The van der Waals surface area contributed by atoms with E-state index in [4.69, 9.17) is 5.11 Å². The Balaban J connectivity index is 1.58. The summed E-state index contributed by atoms with van der Waals surface area (Å²) in [5.41, 5.74) is 1.25. The molecule has 1 saturated heterocycles. The molecule has 1 aromatic rings. The average molecular weight is 444 g/mol. The molecule has 0 spiro atoms. The number of piperidine rings is 1. The molecule has 32 heavy (non-hydrogen) atoms. The number of benzene rings is 1. The lowest BCUT2D eigenvalue weighted by Gasteiger charge is -2.45. The highest BCUT2D eigenvalue weighted by Crippen LogP contribution is 2.41. The van der Waals surface area contributed by atoms with Crippen LogP contribution < -0.4 is 0 Å². The molecule has 1 aromatic carbocycles. The highest BCUT2D eigenvalue weighted by atomic mass is 16.4. The summed E-state index contributed by atoms with van der Waals surface area (Å²) in [5, 5.41) is 18.9. The summed E-state index contributed by atoms with van der Waals surface area (Å²) in [6.45, 7) is 7.54. The number of hydrogen-bond donors (Lipinski definition) is 2. The van der Waals surface area contributed by atoms with Crippen molar-refractivity contribution in [1.82, 2.24) is 4.90 Å². The topological polar surface area (TPSA) is 77.8 Å². The number of carbonyl (C=O) groups is 2. The standard InChI is InChI=1S/C27H41NO4/c1-20-19-28(17-15-27(20,2)22-10-6-11-23(29)18-22)16-14-24(21-8-4-3-5-9-21)25(30)12-7-13-26(31)32/h6,10-11,18,20-21,24,29H,3-5,7-9,12-17,19H2,1-2H3,(H,31,32). The van der Waals surface area contributed by atoms with Crippen molar-refractivity contribution >= 4 is 11.8 Å². The van der Waals surface area contributed by atoms with Gasteiger partial charge in [0.15, 0.2) is 0 Å². The van der Waals surface area contributed by atoms with Gasteiger partial charge in [0.25, 0.3) is 0 Å². The Morgan fingerprint density at radius 3 is 2.59 bits per heavy atom. The van der Waals surface area contributed by atoms with Gasteiger partial charge in [-0.05, 0) is 80.1 Å². The summed E-state index contributed by atoms with van der Waals surface area (Å²) in [6.07, 6.45) is 8.86. The van der Waals surface area contributed by atoms with Crippen LogP contribution in [0.4, 0.5) is 0 Å². The van der Waals surface area contributed by atoms with Crippen LogP contribution in [0.15, 0.2) is 24.3 Å². The Morgan fingerprint density at radius 1 is 1.19 bits per heavy atom. The molecule has 3 rings (SSSR count). The van der Waals surface area contributed by atoms with Crippen molar-refractivity contribution in [3.05, 3.63) is 29.8 Å². The predicted molar refractivity (Wildman–Crippen MR) is 127 cm³/mol. The number of ketones is 1. The normalized spacial score (nSPS) is 26.0. The number of carboxylic acid groups (broad SMARTS) is 1. The molecular weight excluding hydrogens is 402 g/mol. The second kappa shape index (κ2) is 11.3. The van der Waals surface area contributed by atoms with Gasteiger partial charge in [-0.2, -0.15) is 0 Å². The van der Waals surface area contributed by atoms with E-state index < -0.39 is 5.97 Å². The Morgan fingerprint density at radius 2 is 1.94 bits per heavy atom. The number of hydrogen-bond acceptors (Lipinski definition) is 4. The summed E-state index contributed by atoms with van der Waals surface area (Å²) < 4.78 is 0. The number of phenols is 1. The SMILES string of the molecule is CC1CN(CCC(C(=O)CCCC(=O)O)C2CCCCC2)CCC1(C)c1cccc(O)c1. The Kier molecular flexibility index (Phi) is 8.75. The zero-order valence-electron chi connectivity index (χ0n) is 19.9. The zero-order chi connectivity index (χ0) is 23.1. The Labute approximate surface area is 193 Å². The molecule has 0 bridgehead atoms. The number of phenolic OH excluding ortho intramolecular Hbond substituents is 1. The first-order valence-electron chi connectivity index (χ1n) is 12.6. The average Bonchev–Trinajstić information content (AvgIpc) is 2.77. The summed E-state index contributed by atoms with van der Waals surface area (Å²) in [4.78, 5) is 26.4. The molecule has 2 N–H and O–H groups in total. The van der Waals surface area contributed by atoms with Gasteiger partial charge in [0.2, 0.25) is 0 Å². The van der Waals surface area contributed by atoms with E-state index in [9.17, 15) is 14.7 Å². The second-order valence-electron chi connectivity index (χ2n) is 10.4. The van der Waals surface area contributed by atoms with E-state index in [2.05, 4.69) is 24.8 Å². The third-order valence-electron chi connectivity index (χ3n) is 8.28. The van der Waals surface area contributed by atoms with Gasteiger partial charge in [0.1, 0.15) is 11.5 Å². The van der Waals surface area contributed by atoms with Crippen molar-refractivity contribution in [2.24, 2.45) is 17.8 Å². The number of carbonyl (C=O) groups excluding carboxylic acids is 1. The Bertz CT molecular complexity index is 773. The number of likely N-dealkylation sites (tertiary alicyclic amines) is 1. The zero-order valence-corrected chi connectivity index (χ0v) is 19.9. The van der Waals surface area contributed by atoms with Crippen LogP contribution in [-0.2, 0) is 15.0 Å². The lowest BCUT2D eigenvalue weighted by atomic mass is 9.68. The summed E-state index contributed by atoms with van der Waals surface area (Å²) >= 11 is 0. The van der Waals surface area contributed by atoms with E-state index in [1.165, 1.54) is 24.8 Å². The molecule has 1 aliphatic carbocycles. The first kappa shape index (κ1) is 24.8. The number of carboxylic acids is 1. The van der Waals surface area contributed by atoms with Gasteiger partial charge in [-0.25, -0.2) is 0 Å². The van der Waals surface area contributed by atoms with Gasteiger partial charge in [-0.15, -0.1) is 0 Å². The summed E-state index contributed by atoms with van der Waals surface area (Å²) in [6, 6.07) is 7.69. The van der Waals surface area contributed by atoms with E-state index in [-0.39, 0.29) is 23.5 Å². The fraction of sp³-hybridized carbons (Fsp3) is 0.704. The molecule has 5 heteroatoms. The fourth-order valence-electron chi connectivity index (χ4n) is 5.93. The van der Waals surface area contributed by atoms with Crippen molar-refractivity contribution in [3.63, 3.8) is 0 Å². The first-order chi connectivity index (χ1) is 15.3. The minimum Gasteiger partial charge on any atom is -0.508 e. The van der Waals surface area contributed by atoms with Gasteiger partial charge in [-0.1, -0.05) is 45.2 Å². The number of Topliss-reactive ketones (excluding diaryl/α,β-unsaturated/α-hetero) is 1. The van der Waals surface area contributed by atoms with Gasteiger partial charge in [0.05, 0.1) is 0 Å². The van der Waals surface area contributed by atoms with E-state index in [0.717, 1.165) is 45.3 Å². The largest absolute Gasteiger partial charge is 0.508 e. The predicted octanol–water partition coefficient (Wildman–Crippen LogP) is 5.40. The molecule has 0 radical (unpaired) electrons. The van der Waals surface area contributed by atoms with Crippen molar-refractivity contribution in [2.45, 2.75) is 83.5 Å². The smallest absolute Gasteiger partial charge is 0.303 e. The Hall–Kier alpha value is -1.88. The van der Waals surface area contributed by atoms with E-state index in [0.29, 0.717) is 30.4 Å². The molecule has 2 aliphatic rings. The van der Waals surface area contributed by atoms with E-state index in [1.807, 2.05) is 12.1 Å². The maximum Gasteiger partial charge on any atom is 0.303 e. The lowest BCUT2D eigenvalue weighted by molar-refractivity contribution is -0.137. The number of rotatable bonds is 10. The van der Waals surface area contributed by atoms with Crippen molar-refractivity contribution in [1.29, 1.82) is 0 Å². The monoisotopic (exact) mass is 443 g/mol. The fourth-order valence-corrected chi connectivity index (χ4v) is 5.93. The minimum atomic E-state index is -0.816. The molecule has 1 saturated carbocycles. The molecule has 1 heterocycles. The van der Waals surface area contributed by atoms with Crippen molar-refractivity contribution < 1.29 is 19.8 Å². The van der Waals surface area contributed by atoms with Crippen LogP contribution in [0.25, 0.3) is 0 Å². The van der Waals surface area contributed by atoms with Crippen LogP contribution in [0, 0.1) is 17.8 Å². The van der Waals surface area contributed by atoms with Crippen LogP contribution in [0.3, 0.4) is 0 Å². The van der Waals surface area contributed by atoms with Crippen LogP contribution in [0.2, 0.25) is 0 Å². The quantitative estimate of drug-likeness (QED) is 0.506. The van der Waals surface area contributed by atoms with Gasteiger partial charge >= 0.3 is 5.97 Å². The third-order valence-corrected chi connectivity index (χ3v) is 8.28. The van der Waals surface area contributed by atoms with Crippen LogP contribution in [0.1, 0.15) is 83.6 Å². The molecule has 5 nitrogen and oxygen atoms in total. The maximum absolute atomic E-state index is 13.0. The summed E-state index contributed by atoms with van der Waals surface area (Å²) in [7, 11) is 0. The highest BCUT2D eigenvalue weighted by Gasteiger charge is 2.38. The van der Waals surface area contributed by atoms with Crippen molar-refractivity contribution in [2.75, 3.05) is 19.6 Å². The molecule has 178 valence electrons. The van der Waals surface area contributed by atoms with E-state index in [1.54, 1.807) is 6.07 Å². The minimum absolute atomic E-state index is 0.0463. The maximum atomic E-state index is 13.0. The van der Waals surface area contributed by atoms with Gasteiger partial charge < -0.3 is 15.1 Å². The lowest BCUT2D eigenvalue weighted by Crippen LogP contribution is -2.48. The molecule has 2 fully saturated rings. The van der Waals surface area contributed by atoms with Crippen LogP contribution in [-0.4, -0.2) is 46.5 Å². The second-order valence-corrected chi connectivity index (χ2v) is 10.4. The molecule has 0 amide bonds. The van der Waals surface area contributed by atoms with Crippen molar-refractivity contribution in [3.8, 4) is 5.75 Å². The van der Waals surface area contributed by atoms with Gasteiger partial charge in [-0.3, -0.25) is 9.59 Å². The highest BCUT2D eigenvalue weighted by molar-refractivity contribution is 5.81. The number of nitrogens with zero attached hydrogens (tertiary/aromatic N) is 1. The molecule has 3 unspecified atom stereocenters. The molecular formula is C27H41NO4. The van der Waals surface area contributed by atoms with Crippen LogP contribution in [0.5, 0.6) is 5.75 Å². The molecule has 1 aliphatic heterocycles. The number of aliphatic carboxylic acids is 1. The summed E-state index contributed by atoms with van der Waals surface area (Å²) in [5.74, 6) is 0.809. The van der Waals surface area contributed by atoms with Gasteiger partial charge in [0, 0.05) is 25.3 Å². The third kappa shape index (κ3) is 6.34. The number of aromatic hydroxyl groups is 1. The molecule has 0 aromatic heterocycles. The first-order valence-corrected chi connectivity index (χ1v) is 12.6. The molecule has 3 atom stereocenters.